The Labute approximate surface area is 120 Å². The first-order valence-electron chi connectivity index (χ1n) is 7.07. The molecule has 0 amide bonds. The predicted octanol–water partition coefficient (Wildman–Crippen LogP) is 1.97. The molecule has 0 bridgehead atoms. The van der Waals surface area contributed by atoms with Crippen LogP contribution in [0.5, 0.6) is 0 Å². The number of rotatable bonds is 3. The third-order valence-corrected chi connectivity index (χ3v) is 5.05. The van der Waals surface area contributed by atoms with Gasteiger partial charge < -0.3 is 0 Å². The van der Waals surface area contributed by atoms with Crippen LogP contribution in [0.25, 0.3) is 11.0 Å². The van der Waals surface area contributed by atoms with Crippen molar-refractivity contribution in [2.24, 2.45) is 0 Å². The molecule has 2 aromatic rings. The number of nitrogens with one attached hydrogen (secondary N) is 1. The molecule has 0 saturated carbocycles. The van der Waals surface area contributed by atoms with E-state index in [2.05, 4.69) is 43.3 Å². The Balaban J connectivity index is 1.72. The zero-order chi connectivity index (χ0) is 13.1. The van der Waals surface area contributed by atoms with Crippen LogP contribution < -0.4 is 5.32 Å². The summed E-state index contributed by atoms with van der Waals surface area (Å²) < 4.78 is 8.99. The molecule has 1 unspecified atom stereocenters. The van der Waals surface area contributed by atoms with Gasteiger partial charge in [0, 0.05) is 0 Å². The van der Waals surface area contributed by atoms with Crippen molar-refractivity contribution in [3.05, 3.63) is 18.2 Å². The number of hydrogen-bond donors (Lipinski definition) is 1. The molecular formula is C14H20N4Se. The molecule has 2 heterocycles. The normalized spacial score (nSPS) is 21.4. The molecule has 1 aliphatic rings. The number of hydrogen-bond acceptors (Lipinski definition) is 4. The summed E-state index contributed by atoms with van der Waals surface area (Å²) in [5.41, 5.74) is 3.32. The molecule has 4 nitrogen and oxygen atoms in total. The predicted molar refractivity (Wildman–Crippen MR) is 79.9 cm³/mol. The zero-order valence-electron chi connectivity index (χ0n) is 11.3. The minimum atomic E-state index is 0.0581. The van der Waals surface area contributed by atoms with Crippen molar-refractivity contribution in [2.75, 3.05) is 25.0 Å². The topological polar surface area (TPSA) is 41.0 Å². The number of benzene rings is 1. The van der Waals surface area contributed by atoms with Gasteiger partial charge in [0.25, 0.3) is 0 Å². The van der Waals surface area contributed by atoms with E-state index in [-0.39, 0.29) is 15.0 Å². The molecule has 102 valence electrons. The maximum absolute atomic E-state index is 4.54. The van der Waals surface area contributed by atoms with E-state index in [0.29, 0.717) is 6.04 Å². The summed E-state index contributed by atoms with van der Waals surface area (Å²) in [6.45, 7) is 5.86. The Hall–Kier alpha value is -0.901. The molecule has 3 rings (SSSR count). The fourth-order valence-electron chi connectivity index (χ4n) is 2.76. The molecular weight excluding hydrogens is 303 g/mol. The van der Waals surface area contributed by atoms with Crippen molar-refractivity contribution in [1.29, 1.82) is 0 Å². The van der Waals surface area contributed by atoms with Gasteiger partial charge in [-0.15, -0.1) is 0 Å². The average Bonchev–Trinajstić information content (AvgIpc) is 2.80. The summed E-state index contributed by atoms with van der Waals surface area (Å²) >= 11 is 0.0581. The molecule has 1 atom stereocenters. The molecule has 1 aliphatic heterocycles. The number of anilines is 1. The molecule has 1 N–H and O–H groups in total. The van der Waals surface area contributed by atoms with E-state index in [9.17, 15) is 0 Å². The van der Waals surface area contributed by atoms with Crippen LogP contribution in [0.15, 0.2) is 18.2 Å². The second kappa shape index (κ2) is 6.04. The average molecular weight is 323 g/mol. The Morgan fingerprint density at radius 1 is 1.32 bits per heavy atom. The molecule has 0 radical (unpaired) electrons. The summed E-state index contributed by atoms with van der Waals surface area (Å²) in [6.07, 6.45) is 3.76. The van der Waals surface area contributed by atoms with Crippen LogP contribution in [-0.2, 0) is 0 Å². The molecule has 0 spiro atoms. The SMILES string of the molecule is CCN1CCCC(Nc2cccc3n[se]nc23)CC1. The van der Waals surface area contributed by atoms with Gasteiger partial charge in [0.2, 0.25) is 0 Å². The van der Waals surface area contributed by atoms with Crippen molar-refractivity contribution in [1.82, 2.24) is 12.9 Å². The van der Waals surface area contributed by atoms with Crippen molar-refractivity contribution in [3.8, 4) is 0 Å². The van der Waals surface area contributed by atoms with Gasteiger partial charge in [-0.2, -0.15) is 0 Å². The molecule has 0 aliphatic carbocycles. The van der Waals surface area contributed by atoms with E-state index in [1.54, 1.807) is 0 Å². The first kappa shape index (κ1) is 13.1. The van der Waals surface area contributed by atoms with Crippen LogP contribution in [0.4, 0.5) is 5.69 Å². The molecule has 1 aromatic heterocycles. The van der Waals surface area contributed by atoms with Crippen LogP contribution in [0, 0.1) is 0 Å². The van der Waals surface area contributed by atoms with Crippen molar-refractivity contribution >= 4 is 31.7 Å². The fraction of sp³-hybridized carbons (Fsp3) is 0.571. The third kappa shape index (κ3) is 2.99. The van der Waals surface area contributed by atoms with Gasteiger partial charge in [0.15, 0.2) is 0 Å². The number of aromatic nitrogens is 2. The Morgan fingerprint density at radius 3 is 3.16 bits per heavy atom. The second-order valence-corrected chi connectivity index (χ2v) is 6.25. The van der Waals surface area contributed by atoms with E-state index in [4.69, 9.17) is 0 Å². The van der Waals surface area contributed by atoms with Crippen molar-refractivity contribution < 1.29 is 0 Å². The fourth-order valence-corrected chi connectivity index (χ4v) is 3.91. The molecule has 5 heteroatoms. The zero-order valence-corrected chi connectivity index (χ0v) is 13.0. The van der Waals surface area contributed by atoms with Gasteiger partial charge >= 0.3 is 120 Å². The minimum absolute atomic E-state index is 0.0581. The number of nitrogens with zero attached hydrogens (tertiary/aromatic N) is 3. The Kier molecular flexibility index (Phi) is 4.16. The number of fused-ring (bicyclic) bond motifs is 1. The summed E-state index contributed by atoms with van der Waals surface area (Å²) in [6, 6.07) is 6.86. The third-order valence-electron chi connectivity index (χ3n) is 3.91. The summed E-state index contributed by atoms with van der Waals surface area (Å²) in [5.74, 6) is 0. The second-order valence-electron chi connectivity index (χ2n) is 5.14. The van der Waals surface area contributed by atoms with Crippen LogP contribution >= 0.6 is 0 Å². The Morgan fingerprint density at radius 2 is 2.26 bits per heavy atom. The van der Waals surface area contributed by atoms with E-state index < -0.39 is 0 Å². The molecule has 1 saturated heterocycles. The molecule has 1 aromatic carbocycles. The first-order valence-corrected chi connectivity index (χ1v) is 8.60. The number of likely N-dealkylation sites (tertiary alicyclic amines) is 1. The van der Waals surface area contributed by atoms with E-state index in [1.807, 2.05) is 0 Å². The van der Waals surface area contributed by atoms with Crippen LogP contribution in [0.1, 0.15) is 26.2 Å². The van der Waals surface area contributed by atoms with E-state index >= 15 is 0 Å². The quantitative estimate of drug-likeness (QED) is 0.877. The maximum atomic E-state index is 4.54. The first-order chi connectivity index (χ1) is 9.36. The van der Waals surface area contributed by atoms with Gasteiger partial charge in [-0.25, -0.2) is 0 Å². The van der Waals surface area contributed by atoms with Crippen molar-refractivity contribution in [2.45, 2.75) is 32.2 Å². The van der Waals surface area contributed by atoms with Gasteiger partial charge in [-0.3, -0.25) is 0 Å². The van der Waals surface area contributed by atoms with Crippen LogP contribution in [-0.4, -0.2) is 53.5 Å². The van der Waals surface area contributed by atoms with Gasteiger partial charge in [0.1, 0.15) is 0 Å². The summed E-state index contributed by atoms with van der Waals surface area (Å²) in [5, 5.41) is 3.70. The summed E-state index contributed by atoms with van der Waals surface area (Å²) in [7, 11) is 0. The van der Waals surface area contributed by atoms with Gasteiger partial charge in [-0.05, 0) is 0 Å². The van der Waals surface area contributed by atoms with Gasteiger partial charge in [-0.1, -0.05) is 0 Å². The van der Waals surface area contributed by atoms with Crippen LogP contribution in [0.3, 0.4) is 0 Å². The van der Waals surface area contributed by atoms with Crippen molar-refractivity contribution in [3.63, 3.8) is 0 Å². The van der Waals surface area contributed by atoms with Crippen LogP contribution in [0.2, 0.25) is 0 Å². The molecule has 1 fully saturated rings. The summed E-state index contributed by atoms with van der Waals surface area (Å²) in [4.78, 5) is 2.54. The monoisotopic (exact) mass is 324 g/mol. The Bertz CT molecular complexity index is 539. The standard InChI is InChI=1S/C14H20N4Se/c1-2-18-9-4-5-11(8-10-18)15-12-6-3-7-13-14(12)17-19-16-13/h3,6-7,11,15H,2,4-5,8-10H2,1H3. The molecule has 19 heavy (non-hydrogen) atoms. The van der Waals surface area contributed by atoms with E-state index in [0.717, 1.165) is 11.0 Å². The van der Waals surface area contributed by atoms with Gasteiger partial charge in [0.05, 0.1) is 0 Å². The van der Waals surface area contributed by atoms with E-state index in [1.165, 1.54) is 44.6 Å².